The Labute approximate surface area is 182 Å². The first-order chi connectivity index (χ1) is 13.2. The molecule has 0 saturated carbocycles. The van der Waals surface area contributed by atoms with Crippen LogP contribution in [-0.2, 0) is 6.54 Å². The number of aryl methyl sites for hydroxylation is 1. The zero-order valence-electron chi connectivity index (χ0n) is 16.1. The number of anilines is 1. The number of benzene rings is 1. The van der Waals surface area contributed by atoms with E-state index in [2.05, 4.69) is 31.2 Å². The molecule has 3 N–H and O–H groups in total. The van der Waals surface area contributed by atoms with Crippen molar-refractivity contribution in [2.75, 3.05) is 24.6 Å². The van der Waals surface area contributed by atoms with Crippen molar-refractivity contribution >= 4 is 35.9 Å². The number of aromatic nitrogens is 2. The second-order valence-electron chi connectivity index (χ2n) is 7.07. The summed E-state index contributed by atoms with van der Waals surface area (Å²) >= 11 is 0. The minimum atomic E-state index is 0. The molecule has 2 aliphatic heterocycles. The lowest BCUT2D eigenvalue weighted by atomic mass is 10.0. The number of ether oxygens (including phenoxy) is 1. The van der Waals surface area contributed by atoms with Crippen LogP contribution >= 0.6 is 24.0 Å². The number of rotatable bonds is 4. The lowest BCUT2D eigenvalue weighted by molar-refractivity contribution is 0.262. The molecule has 28 heavy (non-hydrogen) atoms. The molecule has 0 spiro atoms. The summed E-state index contributed by atoms with van der Waals surface area (Å²) in [4.78, 5) is 16.0. The van der Waals surface area contributed by atoms with Gasteiger partial charge in [0.05, 0.1) is 24.9 Å². The molecule has 0 aliphatic carbocycles. The number of guanidine groups is 1. The zero-order chi connectivity index (χ0) is 18.6. The van der Waals surface area contributed by atoms with Crippen molar-refractivity contribution in [2.45, 2.75) is 38.8 Å². The summed E-state index contributed by atoms with van der Waals surface area (Å²) in [6.45, 7) is 5.16. The fourth-order valence-electron chi connectivity index (χ4n) is 3.64. The first-order valence-electron chi connectivity index (χ1n) is 9.57. The third-order valence-electron chi connectivity index (χ3n) is 4.98. The molecule has 1 aromatic carbocycles. The highest BCUT2D eigenvalue weighted by Gasteiger charge is 2.21. The topological polar surface area (TPSA) is 88.7 Å². The fraction of sp³-hybridized carbons (Fsp3) is 0.450. The number of nitrogens with two attached hydrogens (primary N) is 1. The minimum absolute atomic E-state index is 0. The zero-order valence-corrected chi connectivity index (χ0v) is 18.4. The van der Waals surface area contributed by atoms with Gasteiger partial charge in [0.1, 0.15) is 5.75 Å². The van der Waals surface area contributed by atoms with Crippen molar-refractivity contribution in [2.24, 2.45) is 10.7 Å². The fourth-order valence-corrected chi connectivity index (χ4v) is 3.64. The van der Waals surface area contributed by atoms with Crippen molar-refractivity contribution in [1.29, 1.82) is 0 Å². The van der Waals surface area contributed by atoms with Crippen LogP contribution in [0.2, 0.25) is 0 Å². The Kier molecular flexibility index (Phi) is 6.93. The number of nitrogens with one attached hydrogen (secondary N) is 1. The van der Waals surface area contributed by atoms with Crippen LogP contribution in [0.15, 0.2) is 35.3 Å². The van der Waals surface area contributed by atoms with Crippen LogP contribution in [0.4, 0.5) is 5.95 Å². The van der Waals surface area contributed by atoms with E-state index in [1.165, 1.54) is 12.8 Å². The van der Waals surface area contributed by atoms with Crippen molar-refractivity contribution in [3.8, 4) is 5.75 Å². The molecule has 4 rings (SSSR count). The summed E-state index contributed by atoms with van der Waals surface area (Å²) in [6, 6.07) is 10.1. The van der Waals surface area contributed by atoms with Gasteiger partial charge in [0.15, 0.2) is 5.96 Å². The molecule has 7 nitrogen and oxygen atoms in total. The molecule has 2 aromatic rings. The molecular weight excluding hydrogens is 467 g/mol. The van der Waals surface area contributed by atoms with Gasteiger partial charge in [0.2, 0.25) is 5.95 Å². The maximum absolute atomic E-state index is 6.15. The van der Waals surface area contributed by atoms with Gasteiger partial charge in [0, 0.05) is 30.8 Å². The average molecular weight is 494 g/mol. The van der Waals surface area contributed by atoms with Crippen LogP contribution in [0.25, 0.3) is 0 Å². The quantitative estimate of drug-likeness (QED) is 0.386. The van der Waals surface area contributed by atoms with Crippen molar-refractivity contribution < 1.29 is 4.74 Å². The van der Waals surface area contributed by atoms with Gasteiger partial charge in [-0.2, -0.15) is 0 Å². The molecule has 1 aromatic heterocycles. The van der Waals surface area contributed by atoms with Gasteiger partial charge < -0.3 is 20.7 Å². The third kappa shape index (κ3) is 4.84. The van der Waals surface area contributed by atoms with Gasteiger partial charge in [0.25, 0.3) is 0 Å². The second-order valence-corrected chi connectivity index (χ2v) is 7.07. The SMILES string of the molecule is Cc1cc(CN=C(N)NC2CCOc3ccccc32)nc(N2CCCC2)n1.I. The molecule has 0 amide bonds. The van der Waals surface area contributed by atoms with E-state index in [4.69, 9.17) is 10.5 Å². The number of hydrogen-bond acceptors (Lipinski definition) is 5. The third-order valence-corrected chi connectivity index (χ3v) is 4.98. The molecule has 0 radical (unpaired) electrons. The standard InChI is InChI=1S/C20H26N6O.HI/c1-14-12-15(24-20(23-14)26-9-4-5-10-26)13-22-19(21)25-17-8-11-27-18-7-3-2-6-16(17)18;/h2-3,6-7,12,17H,4-5,8-11,13H2,1H3,(H3,21,22,25);1H. The minimum Gasteiger partial charge on any atom is -0.493 e. The van der Waals surface area contributed by atoms with Gasteiger partial charge in [-0.1, -0.05) is 18.2 Å². The molecule has 8 heteroatoms. The first kappa shape index (κ1) is 20.6. The van der Waals surface area contributed by atoms with E-state index in [9.17, 15) is 0 Å². The van der Waals surface area contributed by atoms with Crippen molar-refractivity contribution in [3.63, 3.8) is 0 Å². The smallest absolute Gasteiger partial charge is 0.225 e. The van der Waals surface area contributed by atoms with E-state index < -0.39 is 0 Å². The molecule has 150 valence electrons. The highest BCUT2D eigenvalue weighted by molar-refractivity contribution is 14.0. The highest BCUT2D eigenvalue weighted by Crippen LogP contribution is 2.31. The monoisotopic (exact) mass is 494 g/mol. The Hall–Kier alpha value is -2.10. The van der Waals surface area contributed by atoms with E-state index in [0.29, 0.717) is 19.1 Å². The molecule has 1 saturated heterocycles. The van der Waals surface area contributed by atoms with Gasteiger partial charge in [-0.15, -0.1) is 24.0 Å². The highest BCUT2D eigenvalue weighted by atomic mass is 127. The van der Waals surface area contributed by atoms with E-state index in [-0.39, 0.29) is 30.0 Å². The van der Waals surface area contributed by atoms with Crippen LogP contribution in [0.1, 0.15) is 42.3 Å². The van der Waals surface area contributed by atoms with Crippen LogP contribution in [0.3, 0.4) is 0 Å². The Morgan fingerprint density at radius 3 is 2.89 bits per heavy atom. The van der Waals surface area contributed by atoms with Gasteiger partial charge in [-0.3, -0.25) is 0 Å². The molecule has 1 unspecified atom stereocenters. The number of hydrogen-bond donors (Lipinski definition) is 2. The largest absolute Gasteiger partial charge is 0.493 e. The lowest BCUT2D eigenvalue weighted by Crippen LogP contribution is -2.37. The number of fused-ring (bicyclic) bond motifs is 1. The van der Waals surface area contributed by atoms with Crippen LogP contribution in [0.5, 0.6) is 5.75 Å². The molecule has 1 atom stereocenters. The number of para-hydroxylation sites is 1. The van der Waals surface area contributed by atoms with E-state index in [1.807, 2.05) is 31.2 Å². The number of nitrogens with zero attached hydrogens (tertiary/aromatic N) is 4. The Morgan fingerprint density at radius 2 is 2.07 bits per heavy atom. The van der Waals surface area contributed by atoms with E-state index in [0.717, 1.165) is 48.2 Å². The maximum atomic E-state index is 6.15. The van der Waals surface area contributed by atoms with E-state index >= 15 is 0 Å². The molecule has 0 bridgehead atoms. The predicted molar refractivity (Wildman–Crippen MR) is 121 cm³/mol. The average Bonchev–Trinajstić information content (AvgIpc) is 3.21. The van der Waals surface area contributed by atoms with Crippen LogP contribution in [-0.4, -0.2) is 35.6 Å². The van der Waals surface area contributed by atoms with Gasteiger partial charge >= 0.3 is 0 Å². The normalized spacial score (nSPS) is 18.8. The Balaban J connectivity index is 0.00000225. The number of halogens is 1. The molecular formula is C20H27IN6O. The van der Waals surface area contributed by atoms with Crippen LogP contribution in [0, 0.1) is 6.92 Å². The summed E-state index contributed by atoms with van der Waals surface area (Å²) in [7, 11) is 0. The summed E-state index contributed by atoms with van der Waals surface area (Å²) in [5.74, 6) is 2.15. The lowest BCUT2D eigenvalue weighted by Gasteiger charge is -2.26. The Bertz CT molecular complexity index is 837. The molecule has 2 aliphatic rings. The summed E-state index contributed by atoms with van der Waals surface area (Å²) in [5, 5.41) is 3.32. The maximum Gasteiger partial charge on any atom is 0.225 e. The predicted octanol–water partition coefficient (Wildman–Crippen LogP) is 2.93. The number of aliphatic imine (C=N–C) groups is 1. The van der Waals surface area contributed by atoms with Gasteiger partial charge in [-0.05, 0) is 31.9 Å². The summed E-state index contributed by atoms with van der Waals surface area (Å²) < 4.78 is 5.70. The van der Waals surface area contributed by atoms with Crippen molar-refractivity contribution in [3.05, 3.63) is 47.3 Å². The van der Waals surface area contributed by atoms with Crippen LogP contribution < -0.4 is 20.7 Å². The molecule has 1 fully saturated rings. The molecule has 3 heterocycles. The van der Waals surface area contributed by atoms with Crippen molar-refractivity contribution in [1.82, 2.24) is 15.3 Å². The first-order valence-corrected chi connectivity index (χ1v) is 9.57. The summed E-state index contributed by atoms with van der Waals surface area (Å²) in [5.41, 5.74) is 9.12. The second kappa shape index (κ2) is 9.40. The Morgan fingerprint density at radius 1 is 1.29 bits per heavy atom. The summed E-state index contributed by atoms with van der Waals surface area (Å²) in [6.07, 6.45) is 3.27. The van der Waals surface area contributed by atoms with E-state index in [1.54, 1.807) is 0 Å². The van der Waals surface area contributed by atoms with Gasteiger partial charge in [-0.25, -0.2) is 15.0 Å².